The van der Waals surface area contributed by atoms with E-state index < -0.39 is 19.4 Å². The summed E-state index contributed by atoms with van der Waals surface area (Å²) < 4.78 is 0.271. The fourth-order valence-electron chi connectivity index (χ4n) is 4.39. The van der Waals surface area contributed by atoms with E-state index in [1.165, 1.54) is 44.5 Å². The Labute approximate surface area is 198 Å². The van der Waals surface area contributed by atoms with Crippen LogP contribution in [0.4, 0.5) is 0 Å². The third kappa shape index (κ3) is 4.84. The fraction of sp³-hybridized carbons (Fsp3) is 0.481. The maximum absolute atomic E-state index is 6.60. The van der Waals surface area contributed by atoms with E-state index in [0.29, 0.717) is 0 Å². The first-order valence-electron chi connectivity index (χ1n) is 11.0. The maximum atomic E-state index is 6.60. The van der Waals surface area contributed by atoms with E-state index in [9.17, 15) is 0 Å². The van der Waals surface area contributed by atoms with E-state index in [1.54, 1.807) is 0 Å². The van der Waals surface area contributed by atoms with Crippen LogP contribution in [0.3, 0.4) is 0 Å². The number of hydrogen-bond acceptors (Lipinski definition) is 0. The predicted molar refractivity (Wildman–Crippen MR) is 131 cm³/mol. The van der Waals surface area contributed by atoms with Crippen molar-refractivity contribution < 1.29 is 19.4 Å². The van der Waals surface area contributed by atoms with Crippen molar-refractivity contribution in [3.63, 3.8) is 0 Å². The quantitative estimate of drug-likeness (QED) is 0.376. The van der Waals surface area contributed by atoms with Crippen LogP contribution >= 0.6 is 17.0 Å². The molecule has 1 aliphatic carbocycles. The first-order valence-corrected chi connectivity index (χ1v) is 18.8. The van der Waals surface area contributed by atoms with Crippen molar-refractivity contribution in [1.82, 2.24) is 0 Å². The van der Waals surface area contributed by atoms with Crippen LogP contribution in [0.5, 0.6) is 0 Å². The molecule has 0 bridgehead atoms. The molecular weight excluding hydrogens is 486 g/mol. The van der Waals surface area contributed by atoms with Crippen molar-refractivity contribution in [2.75, 3.05) is 0 Å². The summed E-state index contributed by atoms with van der Waals surface area (Å²) in [5, 5.41) is 0. The van der Waals surface area contributed by atoms with Crippen molar-refractivity contribution in [1.29, 1.82) is 0 Å². The van der Waals surface area contributed by atoms with Crippen LogP contribution in [0.2, 0.25) is 0 Å². The second-order valence-corrected chi connectivity index (χ2v) is 19.6. The normalized spacial score (nSPS) is 16.5. The van der Waals surface area contributed by atoms with E-state index in [1.807, 2.05) is 0 Å². The minimum absolute atomic E-state index is 0.0976. The minimum atomic E-state index is -2.46. The molecule has 161 valence electrons. The zero-order valence-corrected chi connectivity index (χ0v) is 23.7. The molecule has 0 spiro atoms. The summed E-state index contributed by atoms with van der Waals surface area (Å²) in [5.74, 6) is 0. The molecule has 2 aromatic rings. The topological polar surface area (TPSA) is 0 Å². The Morgan fingerprint density at radius 3 is 1.93 bits per heavy atom. The predicted octanol–water partition coefficient (Wildman–Crippen LogP) is 9.28. The van der Waals surface area contributed by atoms with Crippen molar-refractivity contribution >= 4 is 23.1 Å². The summed E-state index contributed by atoms with van der Waals surface area (Å²) in [4.78, 5) is 0. The summed E-state index contributed by atoms with van der Waals surface area (Å²) in [7, 11) is 13.2. The second-order valence-electron chi connectivity index (χ2n) is 10.8. The van der Waals surface area contributed by atoms with E-state index >= 15 is 0 Å². The van der Waals surface area contributed by atoms with Gasteiger partial charge in [0.1, 0.15) is 0 Å². The van der Waals surface area contributed by atoms with Gasteiger partial charge in [-0.2, -0.15) is 0 Å². The summed E-state index contributed by atoms with van der Waals surface area (Å²) in [5.41, 5.74) is 11.2. The number of halogens is 2. The average Bonchev–Trinajstić information content (AvgIpc) is 2.95. The zero-order valence-electron chi connectivity index (χ0n) is 19.7. The van der Waals surface area contributed by atoms with Crippen LogP contribution in [0, 0.1) is 0 Å². The Balaban J connectivity index is 2.35. The molecule has 3 heteroatoms. The molecule has 1 aliphatic rings. The molecule has 0 aliphatic heterocycles. The molecule has 0 saturated heterocycles. The second kappa shape index (κ2) is 8.88. The molecule has 3 rings (SSSR count). The molecule has 2 aromatic carbocycles. The van der Waals surface area contributed by atoms with Crippen molar-refractivity contribution in [2.24, 2.45) is 0 Å². The Morgan fingerprint density at radius 1 is 0.900 bits per heavy atom. The summed E-state index contributed by atoms with van der Waals surface area (Å²) >= 11 is -2.46. The van der Waals surface area contributed by atoms with E-state index in [4.69, 9.17) is 17.0 Å². The van der Waals surface area contributed by atoms with Gasteiger partial charge in [0.2, 0.25) is 0 Å². The molecule has 1 unspecified atom stereocenters. The van der Waals surface area contributed by atoms with Gasteiger partial charge in [0, 0.05) is 0 Å². The van der Waals surface area contributed by atoms with Crippen molar-refractivity contribution in [3.05, 3.63) is 63.7 Å². The molecule has 30 heavy (non-hydrogen) atoms. The molecule has 0 N–H and O–H groups in total. The number of rotatable bonds is 4. The molecule has 0 nitrogen and oxygen atoms in total. The van der Waals surface area contributed by atoms with Crippen molar-refractivity contribution in [3.8, 4) is 11.1 Å². The molecule has 0 radical (unpaired) electrons. The first-order chi connectivity index (χ1) is 13.8. The van der Waals surface area contributed by atoms with Crippen LogP contribution in [-0.2, 0) is 36.6 Å². The van der Waals surface area contributed by atoms with Crippen LogP contribution in [-0.4, -0.2) is 0 Å². The van der Waals surface area contributed by atoms with Gasteiger partial charge in [0.25, 0.3) is 0 Å². The monoisotopic (exact) mass is 519 g/mol. The third-order valence-electron chi connectivity index (χ3n) is 6.20. The molecule has 0 aromatic heterocycles. The van der Waals surface area contributed by atoms with Gasteiger partial charge in [-0.3, -0.25) is 0 Å². The molecular formula is C27H35Cl2Zr. The average molecular weight is 522 g/mol. The van der Waals surface area contributed by atoms with Crippen molar-refractivity contribution in [2.45, 2.75) is 82.7 Å². The van der Waals surface area contributed by atoms with Gasteiger partial charge >= 0.3 is 200 Å². The number of allylic oxidation sites excluding steroid dienone is 1. The Morgan fingerprint density at radius 2 is 1.47 bits per heavy atom. The van der Waals surface area contributed by atoms with Gasteiger partial charge < -0.3 is 0 Å². The molecule has 0 fully saturated rings. The Hall–Kier alpha value is -0.357. The van der Waals surface area contributed by atoms with Crippen LogP contribution in [0.15, 0.2) is 35.9 Å². The number of benzene rings is 2. The number of fused-ring (bicyclic) bond motifs is 1. The van der Waals surface area contributed by atoms with Crippen LogP contribution in [0.25, 0.3) is 17.2 Å². The number of aryl methyl sites for hydroxylation is 1. The van der Waals surface area contributed by atoms with E-state index in [-0.39, 0.29) is 14.5 Å². The van der Waals surface area contributed by atoms with Gasteiger partial charge in [-0.25, -0.2) is 0 Å². The van der Waals surface area contributed by atoms with Gasteiger partial charge in [0.15, 0.2) is 0 Å². The Kier molecular flexibility index (Phi) is 7.19. The molecule has 0 saturated carbocycles. The molecule has 1 atom stereocenters. The van der Waals surface area contributed by atoms with E-state index in [2.05, 4.69) is 91.8 Å². The molecule has 0 amide bonds. The Bertz CT molecular complexity index is 939. The molecule has 0 heterocycles. The summed E-state index contributed by atoms with van der Waals surface area (Å²) in [6, 6.07) is 11.9. The van der Waals surface area contributed by atoms with E-state index in [0.717, 1.165) is 12.8 Å². The van der Waals surface area contributed by atoms with Gasteiger partial charge in [-0.05, 0) is 0 Å². The summed E-state index contributed by atoms with van der Waals surface area (Å²) in [6.07, 6.45) is 4.58. The standard InChI is InChI=1S/C27H35.2ClH.Zr/c1-9-10-19-11-12-20-13-18(2)14-24(20)25(19)21-15-22(26(3,4)5)17-23(16-21)27(6,7)8;;;/h11-17H,9-10H2,1-8H3;2*1H;/q;;;+2/p-2. The first kappa shape index (κ1) is 24.3. The zero-order chi connectivity index (χ0) is 22.4. The summed E-state index contributed by atoms with van der Waals surface area (Å²) in [6.45, 7) is 18.3. The van der Waals surface area contributed by atoms with Gasteiger partial charge in [-0.15, -0.1) is 0 Å². The SMILES string of the molecule is CCCc1ccc2c(c1-c1cc(C(C)(C)C)cc(C(C)(C)C)c1)C=C(C)[CH]2[Zr]([Cl])[Cl]. The van der Waals surface area contributed by atoms with Crippen LogP contribution in [0.1, 0.15) is 93.3 Å². The third-order valence-corrected chi connectivity index (χ3v) is 11.7. The van der Waals surface area contributed by atoms with Gasteiger partial charge in [-0.1, -0.05) is 0 Å². The van der Waals surface area contributed by atoms with Gasteiger partial charge in [0.05, 0.1) is 0 Å². The van der Waals surface area contributed by atoms with Crippen LogP contribution < -0.4 is 0 Å². The number of hydrogen-bond donors (Lipinski definition) is 0. The fourth-order valence-corrected chi connectivity index (χ4v) is 10.1.